The Morgan fingerprint density at radius 3 is 2.48 bits per heavy atom. The van der Waals surface area contributed by atoms with Gasteiger partial charge in [-0.15, -0.1) is 0 Å². The van der Waals surface area contributed by atoms with Crippen LogP contribution in [-0.2, 0) is 17.8 Å². The van der Waals surface area contributed by atoms with Crippen LogP contribution in [0.25, 0.3) is 0 Å². The van der Waals surface area contributed by atoms with Crippen molar-refractivity contribution >= 4 is 6.09 Å². The van der Waals surface area contributed by atoms with Gasteiger partial charge in [0.05, 0.1) is 12.6 Å². The highest BCUT2D eigenvalue weighted by molar-refractivity contribution is 5.66. The first-order valence-electron chi connectivity index (χ1n) is 8.58. The second kappa shape index (κ2) is 7.52. The zero-order valence-corrected chi connectivity index (χ0v) is 15.1. The van der Waals surface area contributed by atoms with Crippen LogP contribution < -0.4 is 4.74 Å². The number of amides is 1. The highest BCUT2D eigenvalue weighted by atomic mass is 19.2. The van der Waals surface area contributed by atoms with E-state index in [1.54, 1.807) is 26.0 Å². The average molecular weight is 377 g/mol. The zero-order valence-electron chi connectivity index (χ0n) is 15.1. The molecular formula is C20H21F2NO4. The predicted octanol–water partition coefficient (Wildman–Crippen LogP) is 4.20. The van der Waals surface area contributed by atoms with Crippen LogP contribution in [0.5, 0.6) is 5.75 Å². The maximum Gasteiger partial charge on any atom is 0.409 e. The Bertz CT molecular complexity index is 823. The van der Waals surface area contributed by atoms with Gasteiger partial charge in [-0.1, -0.05) is 18.2 Å². The van der Waals surface area contributed by atoms with Gasteiger partial charge in [0.2, 0.25) is 0 Å². The van der Waals surface area contributed by atoms with Crippen LogP contribution in [0.15, 0.2) is 42.5 Å². The number of hydrogen-bond acceptors (Lipinski definition) is 3. The van der Waals surface area contributed by atoms with Crippen LogP contribution in [0.4, 0.5) is 13.6 Å². The van der Waals surface area contributed by atoms with Gasteiger partial charge in [-0.2, -0.15) is 0 Å². The topological polar surface area (TPSA) is 59.0 Å². The number of ether oxygens (including phenoxy) is 2. The van der Waals surface area contributed by atoms with Gasteiger partial charge < -0.3 is 14.6 Å². The monoisotopic (exact) mass is 377 g/mol. The van der Waals surface area contributed by atoms with Crippen molar-refractivity contribution in [2.45, 2.75) is 38.6 Å². The van der Waals surface area contributed by atoms with Crippen LogP contribution in [0, 0.1) is 11.6 Å². The molecule has 0 aromatic heterocycles. The van der Waals surface area contributed by atoms with Crippen molar-refractivity contribution in [3.63, 3.8) is 0 Å². The SMILES string of the molecule is CC1(C)OCC(Cc2ccc(OCc3ccc(F)c(F)c3)cc2)N1C(=O)O. The number of rotatable bonds is 5. The van der Waals surface area contributed by atoms with Crippen molar-refractivity contribution in [3.05, 3.63) is 65.2 Å². The molecule has 27 heavy (non-hydrogen) atoms. The lowest BCUT2D eigenvalue weighted by atomic mass is 10.0. The molecule has 2 aromatic carbocycles. The molecule has 0 bridgehead atoms. The summed E-state index contributed by atoms with van der Waals surface area (Å²) in [6.07, 6.45) is -0.479. The van der Waals surface area contributed by atoms with Gasteiger partial charge in [0.1, 0.15) is 18.1 Å². The van der Waals surface area contributed by atoms with E-state index in [-0.39, 0.29) is 12.6 Å². The van der Waals surface area contributed by atoms with Crippen LogP contribution in [-0.4, -0.2) is 34.5 Å². The largest absolute Gasteiger partial charge is 0.489 e. The second-order valence-electron chi connectivity index (χ2n) is 6.95. The van der Waals surface area contributed by atoms with Crippen LogP contribution in [0.2, 0.25) is 0 Å². The second-order valence-corrected chi connectivity index (χ2v) is 6.95. The molecule has 1 aliphatic rings. The summed E-state index contributed by atoms with van der Waals surface area (Å²) in [5.41, 5.74) is 0.636. The smallest absolute Gasteiger partial charge is 0.409 e. The van der Waals surface area contributed by atoms with E-state index in [0.717, 1.165) is 17.7 Å². The van der Waals surface area contributed by atoms with Crippen molar-refractivity contribution in [3.8, 4) is 5.75 Å². The van der Waals surface area contributed by atoms with Gasteiger partial charge in [0.15, 0.2) is 11.6 Å². The minimum atomic E-state index is -1.01. The Kier molecular flexibility index (Phi) is 5.32. The lowest BCUT2D eigenvalue weighted by molar-refractivity contribution is -0.0419. The molecule has 0 radical (unpaired) electrons. The molecule has 1 saturated heterocycles. The fourth-order valence-corrected chi connectivity index (χ4v) is 3.21. The van der Waals surface area contributed by atoms with Crippen molar-refractivity contribution in [2.24, 2.45) is 0 Å². The molecule has 1 aliphatic heterocycles. The third-order valence-electron chi connectivity index (χ3n) is 4.56. The first-order valence-corrected chi connectivity index (χ1v) is 8.58. The van der Waals surface area contributed by atoms with Crippen molar-refractivity contribution in [1.82, 2.24) is 4.90 Å². The molecule has 5 nitrogen and oxygen atoms in total. The van der Waals surface area contributed by atoms with E-state index in [1.807, 2.05) is 12.1 Å². The van der Waals surface area contributed by atoms with Gasteiger partial charge in [-0.05, 0) is 55.7 Å². The summed E-state index contributed by atoms with van der Waals surface area (Å²) in [7, 11) is 0. The first kappa shape index (κ1) is 19.1. The maximum atomic E-state index is 13.2. The number of benzene rings is 2. The fourth-order valence-electron chi connectivity index (χ4n) is 3.21. The Balaban J connectivity index is 1.60. The summed E-state index contributed by atoms with van der Waals surface area (Å²) in [5, 5.41) is 9.43. The molecular weight excluding hydrogens is 356 g/mol. The van der Waals surface area contributed by atoms with E-state index in [0.29, 0.717) is 24.3 Å². The van der Waals surface area contributed by atoms with Crippen LogP contribution >= 0.6 is 0 Å². The van der Waals surface area contributed by atoms with Crippen LogP contribution in [0.1, 0.15) is 25.0 Å². The van der Waals surface area contributed by atoms with Crippen molar-refractivity contribution < 1.29 is 28.2 Å². The summed E-state index contributed by atoms with van der Waals surface area (Å²) in [4.78, 5) is 12.8. The average Bonchev–Trinajstić information content (AvgIpc) is 2.91. The summed E-state index contributed by atoms with van der Waals surface area (Å²) >= 11 is 0. The molecule has 1 heterocycles. The number of carbonyl (C=O) groups is 1. The van der Waals surface area contributed by atoms with E-state index >= 15 is 0 Å². The minimum Gasteiger partial charge on any atom is -0.489 e. The molecule has 1 amide bonds. The Labute approximate surface area is 156 Å². The van der Waals surface area contributed by atoms with Gasteiger partial charge in [-0.3, -0.25) is 4.90 Å². The molecule has 0 aliphatic carbocycles. The van der Waals surface area contributed by atoms with Crippen molar-refractivity contribution in [2.75, 3.05) is 6.61 Å². The van der Waals surface area contributed by atoms with E-state index in [9.17, 15) is 18.7 Å². The predicted molar refractivity (Wildman–Crippen MR) is 94.5 cm³/mol. The third-order valence-corrected chi connectivity index (χ3v) is 4.56. The zero-order chi connectivity index (χ0) is 19.6. The summed E-state index contributed by atoms with van der Waals surface area (Å²) in [5.74, 6) is -1.21. The van der Waals surface area contributed by atoms with Gasteiger partial charge in [-0.25, -0.2) is 13.6 Å². The van der Waals surface area contributed by atoms with E-state index in [4.69, 9.17) is 9.47 Å². The van der Waals surface area contributed by atoms with Gasteiger partial charge >= 0.3 is 6.09 Å². The van der Waals surface area contributed by atoms with E-state index < -0.39 is 23.5 Å². The molecule has 1 unspecified atom stereocenters. The first-order chi connectivity index (χ1) is 12.8. The molecule has 144 valence electrons. The maximum absolute atomic E-state index is 13.2. The van der Waals surface area contributed by atoms with E-state index in [2.05, 4.69) is 0 Å². The Hall–Kier alpha value is -2.67. The number of nitrogens with zero attached hydrogens (tertiary/aromatic N) is 1. The lowest BCUT2D eigenvalue weighted by Crippen LogP contribution is -2.47. The van der Waals surface area contributed by atoms with E-state index in [1.165, 1.54) is 11.0 Å². The summed E-state index contributed by atoms with van der Waals surface area (Å²) in [6.45, 7) is 3.92. The quantitative estimate of drug-likeness (QED) is 0.848. The van der Waals surface area contributed by atoms with Gasteiger partial charge in [0, 0.05) is 0 Å². The van der Waals surface area contributed by atoms with Crippen molar-refractivity contribution in [1.29, 1.82) is 0 Å². The van der Waals surface area contributed by atoms with Crippen LogP contribution in [0.3, 0.4) is 0 Å². The lowest BCUT2D eigenvalue weighted by Gasteiger charge is -2.31. The Morgan fingerprint density at radius 2 is 1.85 bits per heavy atom. The molecule has 1 atom stereocenters. The minimum absolute atomic E-state index is 0.119. The number of halogens is 2. The highest BCUT2D eigenvalue weighted by Gasteiger charge is 2.43. The molecule has 1 fully saturated rings. The molecule has 3 rings (SSSR count). The fraction of sp³-hybridized carbons (Fsp3) is 0.350. The highest BCUT2D eigenvalue weighted by Crippen LogP contribution is 2.29. The molecule has 1 N–H and O–H groups in total. The number of carboxylic acid groups (broad SMARTS) is 1. The standard InChI is InChI=1S/C20H21F2NO4/c1-20(2)23(19(24)25)15(12-27-20)9-13-3-6-16(7-4-13)26-11-14-5-8-17(21)18(22)10-14/h3-8,10,15H,9,11-12H2,1-2H3,(H,24,25). The molecule has 0 spiro atoms. The third kappa shape index (κ3) is 4.36. The Morgan fingerprint density at radius 1 is 1.19 bits per heavy atom. The normalized spacial score (nSPS) is 18.5. The number of hydrogen-bond donors (Lipinski definition) is 1. The summed E-state index contributed by atoms with van der Waals surface area (Å²) in [6, 6.07) is 10.6. The summed E-state index contributed by atoms with van der Waals surface area (Å²) < 4.78 is 37.3. The molecule has 2 aromatic rings. The molecule has 7 heteroatoms. The molecule has 0 saturated carbocycles. The van der Waals surface area contributed by atoms with Gasteiger partial charge in [0.25, 0.3) is 0 Å².